The lowest BCUT2D eigenvalue weighted by molar-refractivity contribution is -0.145. The normalized spacial score (nSPS) is 21.3. The van der Waals surface area contributed by atoms with Crippen LogP contribution in [0.3, 0.4) is 0 Å². The summed E-state index contributed by atoms with van der Waals surface area (Å²) >= 11 is 0. The van der Waals surface area contributed by atoms with Gasteiger partial charge < -0.3 is 20.1 Å². The second-order valence-electron chi connectivity index (χ2n) is 5.41. The number of aliphatic hydroxyl groups excluding tert-OH is 1. The summed E-state index contributed by atoms with van der Waals surface area (Å²) in [6.45, 7) is -0.0802. The Morgan fingerprint density at radius 1 is 1.22 bits per heavy atom. The molecule has 0 fully saturated rings. The zero-order valence-corrected chi connectivity index (χ0v) is 12.4. The Kier molecular flexibility index (Phi) is 5.18. The van der Waals surface area contributed by atoms with Crippen molar-refractivity contribution < 1.29 is 29.6 Å². The van der Waals surface area contributed by atoms with Crippen LogP contribution in [-0.4, -0.2) is 40.0 Å². The first kappa shape index (κ1) is 16.8. The molecule has 2 atom stereocenters. The van der Waals surface area contributed by atoms with Crippen molar-refractivity contribution in [3.8, 4) is 5.75 Å². The summed E-state index contributed by atoms with van der Waals surface area (Å²) < 4.78 is 5.40. The van der Waals surface area contributed by atoms with Crippen LogP contribution in [0.15, 0.2) is 54.1 Å². The van der Waals surface area contributed by atoms with E-state index in [0.29, 0.717) is 5.75 Å². The molecule has 0 saturated heterocycles. The maximum absolute atomic E-state index is 11.6. The molecular weight excluding hydrogens is 300 g/mol. The van der Waals surface area contributed by atoms with Crippen LogP contribution in [0.2, 0.25) is 0 Å². The number of allylic oxidation sites excluding steroid dienone is 1. The van der Waals surface area contributed by atoms with Gasteiger partial charge in [0, 0.05) is 5.57 Å². The largest absolute Gasteiger partial charge is 0.491 e. The van der Waals surface area contributed by atoms with E-state index in [1.165, 1.54) is 18.2 Å². The molecule has 6 nitrogen and oxygen atoms in total. The monoisotopic (exact) mass is 318 g/mol. The molecule has 2 rings (SSSR count). The summed E-state index contributed by atoms with van der Waals surface area (Å²) in [7, 11) is 0. The third-order valence-corrected chi connectivity index (χ3v) is 3.62. The minimum absolute atomic E-state index is 0.00563. The Balaban J connectivity index is 2.07. The predicted molar refractivity (Wildman–Crippen MR) is 82.1 cm³/mol. The number of carboxylic acids is 2. The molecule has 3 N–H and O–H groups in total. The van der Waals surface area contributed by atoms with Gasteiger partial charge >= 0.3 is 11.9 Å². The molecule has 6 heteroatoms. The second-order valence-corrected chi connectivity index (χ2v) is 5.41. The van der Waals surface area contributed by atoms with Crippen LogP contribution in [0.1, 0.15) is 12.8 Å². The molecule has 0 amide bonds. The first-order chi connectivity index (χ1) is 10.9. The predicted octanol–water partition coefficient (Wildman–Crippen LogP) is 1.86. The number of para-hydroxylation sites is 1. The standard InChI is InChI=1S/C17H18O6/c18-13(11-23-14-6-2-1-3-7-14)10-17(16(21)22)8-4-5-12(9-17)15(19)20/h1-4,6-9,13,18H,5,10-11H2,(H,19,20)(H,21,22). The highest BCUT2D eigenvalue weighted by Gasteiger charge is 2.38. The minimum Gasteiger partial charge on any atom is -0.491 e. The summed E-state index contributed by atoms with van der Waals surface area (Å²) in [5.74, 6) is -1.79. The molecule has 0 radical (unpaired) electrons. The molecular formula is C17H18O6. The number of carbonyl (C=O) groups is 2. The van der Waals surface area contributed by atoms with Gasteiger partial charge in [0.15, 0.2) is 0 Å². The van der Waals surface area contributed by atoms with Crippen molar-refractivity contribution in [3.63, 3.8) is 0 Å². The van der Waals surface area contributed by atoms with E-state index in [-0.39, 0.29) is 25.0 Å². The number of ether oxygens (including phenoxy) is 1. The lowest BCUT2D eigenvalue weighted by atomic mass is 9.77. The summed E-state index contributed by atoms with van der Waals surface area (Å²) in [6, 6.07) is 8.84. The van der Waals surface area contributed by atoms with Crippen LogP contribution < -0.4 is 4.74 Å². The average Bonchev–Trinajstić information content (AvgIpc) is 2.54. The highest BCUT2D eigenvalue weighted by molar-refractivity contribution is 5.90. The van der Waals surface area contributed by atoms with Crippen LogP contribution in [0.25, 0.3) is 0 Å². The maximum Gasteiger partial charge on any atom is 0.331 e. The number of hydrogen-bond acceptors (Lipinski definition) is 4. The van der Waals surface area contributed by atoms with Crippen molar-refractivity contribution in [1.29, 1.82) is 0 Å². The molecule has 0 heterocycles. The Bertz CT molecular complexity index is 634. The Morgan fingerprint density at radius 2 is 1.91 bits per heavy atom. The fourth-order valence-corrected chi connectivity index (χ4v) is 2.47. The van der Waals surface area contributed by atoms with Gasteiger partial charge in [-0.25, -0.2) is 4.79 Å². The Morgan fingerprint density at radius 3 is 2.52 bits per heavy atom. The molecule has 0 saturated carbocycles. The summed E-state index contributed by atoms with van der Waals surface area (Å²) in [6.07, 6.45) is 3.07. The molecule has 0 bridgehead atoms. The highest BCUT2D eigenvalue weighted by Crippen LogP contribution is 2.34. The zero-order chi connectivity index (χ0) is 16.9. The van der Waals surface area contributed by atoms with Gasteiger partial charge in [-0.2, -0.15) is 0 Å². The molecule has 122 valence electrons. The Labute approximate surface area is 133 Å². The third kappa shape index (κ3) is 4.20. The quantitative estimate of drug-likeness (QED) is 0.663. The number of aliphatic carboxylic acids is 2. The van der Waals surface area contributed by atoms with E-state index in [0.717, 1.165) is 0 Å². The topological polar surface area (TPSA) is 104 Å². The van der Waals surface area contributed by atoms with Gasteiger partial charge in [-0.15, -0.1) is 0 Å². The second kappa shape index (κ2) is 7.11. The summed E-state index contributed by atoms with van der Waals surface area (Å²) in [4.78, 5) is 22.7. The SMILES string of the molecule is O=C(O)C1=CC(CC(O)COc2ccccc2)(C(=O)O)C=CC1. The van der Waals surface area contributed by atoms with E-state index in [9.17, 15) is 19.8 Å². The lowest BCUT2D eigenvalue weighted by Crippen LogP contribution is -2.35. The Hall–Kier alpha value is -2.60. The fourth-order valence-electron chi connectivity index (χ4n) is 2.47. The third-order valence-electron chi connectivity index (χ3n) is 3.62. The van der Waals surface area contributed by atoms with Gasteiger partial charge in [-0.1, -0.05) is 36.4 Å². The van der Waals surface area contributed by atoms with Crippen LogP contribution in [0, 0.1) is 5.41 Å². The lowest BCUT2D eigenvalue weighted by Gasteiger charge is -2.28. The molecule has 1 aromatic carbocycles. The molecule has 1 aliphatic carbocycles. The van der Waals surface area contributed by atoms with Crippen LogP contribution in [0.4, 0.5) is 0 Å². The zero-order valence-electron chi connectivity index (χ0n) is 12.4. The first-order valence-corrected chi connectivity index (χ1v) is 7.15. The summed E-state index contributed by atoms with van der Waals surface area (Å²) in [5.41, 5.74) is -1.53. The molecule has 1 aromatic rings. The molecule has 0 aliphatic heterocycles. The number of rotatable bonds is 7. The first-order valence-electron chi connectivity index (χ1n) is 7.15. The number of aliphatic hydroxyl groups is 1. The van der Waals surface area contributed by atoms with E-state index >= 15 is 0 Å². The highest BCUT2D eigenvalue weighted by atomic mass is 16.5. The molecule has 1 aliphatic rings. The molecule has 2 unspecified atom stereocenters. The van der Waals surface area contributed by atoms with Crippen LogP contribution >= 0.6 is 0 Å². The molecule has 0 aromatic heterocycles. The van der Waals surface area contributed by atoms with Crippen LogP contribution in [0.5, 0.6) is 5.75 Å². The van der Waals surface area contributed by atoms with Crippen molar-refractivity contribution in [3.05, 3.63) is 54.1 Å². The van der Waals surface area contributed by atoms with E-state index in [2.05, 4.69) is 0 Å². The van der Waals surface area contributed by atoms with E-state index < -0.39 is 23.5 Å². The maximum atomic E-state index is 11.6. The van der Waals surface area contributed by atoms with Crippen LogP contribution in [-0.2, 0) is 9.59 Å². The molecule has 23 heavy (non-hydrogen) atoms. The van der Waals surface area contributed by atoms with E-state index in [4.69, 9.17) is 9.84 Å². The van der Waals surface area contributed by atoms with Crippen molar-refractivity contribution in [2.45, 2.75) is 18.9 Å². The van der Waals surface area contributed by atoms with Gasteiger partial charge in [-0.05, 0) is 25.0 Å². The number of benzene rings is 1. The van der Waals surface area contributed by atoms with Gasteiger partial charge in [0.1, 0.15) is 17.8 Å². The van der Waals surface area contributed by atoms with Crippen molar-refractivity contribution in [2.24, 2.45) is 5.41 Å². The molecule has 0 spiro atoms. The minimum atomic E-state index is -1.54. The summed E-state index contributed by atoms with van der Waals surface area (Å²) in [5, 5.41) is 28.6. The number of carboxylic acid groups (broad SMARTS) is 2. The van der Waals surface area contributed by atoms with Gasteiger partial charge in [-0.3, -0.25) is 4.79 Å². The van der Waals surface area contributed by atoms with Crippen molar-refractivity contribution >= 4 is 11.9 Å². The fraction of sp³-hybridized carbons (Fsp3) is 0.294. The van der Waals surface area contributed by atoms with Gasteiger partial charge in [0.05, 0.1) is 6.10 Å². The van der Waals surface area contributed by atoms with Crippen molar-refractivity contribution in [2.75, 3.05) is 6.61 Å². The van der Waals surface area contributed by atoms with Crippen molar-refractivity contribution in [1.82, 2.24) is 0 Å². The smallest absolute Gasteiger partial charge is 0.331 e. The number of hydrogen-bond donors (Lipinski definition) is 3. The van der Waals surface area contributed by atoms with Gasteiger partial charge in [0.2, 0.25) is 0 Å². The van der Waals surface area contributed by atoms with Gasteiger partial charge in [0.25, 0.3) is 0 Å². The van der Waals surface area contributed by atoms with E-state index in [1.54, 1.807) is 24.3 Å². The van der Waals surface area contributed by atoms with E-state index in [1.807, 2.05) is 6.07 Å². The average molecular weight is 318 g/mol.